The van der Waals surface area contributed by atoms with Gasteiger partial charge in [0.1, 0.15) is 5.82 Å². The van der Waals surface area contributed by atoms with Crippen LogP contribution in [0.3, 0.4) is 0 Å². The second kappa shape index (κ2) is 7.80. The molecule has 1 atom stereocenters. The predicted molar refractivity (Wildman–Crippen MR) is 112 cm³/mol. The zero-order valence-electron chi connectivity index (χ0n) is 16.2. The molecule has 0 aliphatic rings. The SMILES string of the molecule is Cc1ccc(-c2nc3c(ncn3C(C)CCCc3ccccc3)c(=O)[nH]2)cc1. The van der Waals surface area contributed by atoms with Crippen LogP contribution in [-0.4, -0.2) is 19.5 Å². The van der Waals surface area contributed by atoms with Gasteiger partial charge in [-0.15, -0.1) is 0 Å². The van der Waals surface area contributed by atoms with Crippen molar-refractivity contribution in [3.05, 3.63) is 82.4 Å². The van der Waals surface area contributed by atoms with Crippen molar-refractivity contribution >= 4 is 11.2 Å². The van der Waals surface area contributed by atoms with Gasteiger partial charge in [0.15, 0.2) is 11.2 Å². The molecule has 2 heterocycles. The average molecular weight is 372 g/mol. The number of imidazole rings is 1. The van der Waals surface area contributed by atoms with Gasteiger partial charge in [-0.25, -0.2) is 9.97 Å². The molecule has 142 valence electrons. The Morgan fingerprint density at radius 2 is 1.82 bits per heavy atom. The lowest BCUT2D eigenvalue weighted by molar-refractivity contribution is 0.497. The zero-order chi connectivity index (χ0) is 19.5. The molecule has 0 fully saturated rings. The summed E-state index contributed by atoms with van der Waals surface area (Å²) in [5.74, 6) is 0.579. The number of fused-ring (bicyclic) bond motifs is 1. The molecule has 5 nitrogen and oxygen atoms in total. The van der Waals surface area contributed by atoms with Crippen LogP contribution in [0.25, 0.3) is 22.6 Å². The Morgan fingerprint density at radius 3 is 2.57 bits per heavy atom. The molecule has 0 aliphatic heterocycles. The lowest BCUT2D eigenvalue weighted by atomic mass is 10.1. The first-order valence-corrected chi connectivity index (χ1v) is 9.69. The third kappa shape index (κ3) is 3.74. The first-order chi connectivity index (χ1) is 13.6. The molecule has 0 bridgehead atoms. The molecule has 2 aromatic heterocycles. The summed E-state index contributed by atoms with van der Waals surface area (Å²) in [4.78, 5) is 24.4. The van der Waals surface area contributed by atoms with Crippen LogP contribution in [0, 0.1) is 6.92 Å². The van der Waals surface area contributed by atoms with Crippen molar-refractivity contribution in [2.45, 2.75) is 39.2 Å². The highest BCUT2D eigenvalue weighted by Gasteiger charge is 2.15. The number of aromatic amines is 1. The van der Waals surface area contributed by atoms with E-state index in [-0.39, 0.29) is 11.6 Å². The maximum atomic E-state index is 12.5. The molecular formula is C23H24N4O. The van der Waals surface area contributed by atoms with Gasteiger partial charge in [0.2, 0.25) is 0 Å². The summed E-state index contributed by atoms with van der Waals surface area (Å²) >= 11 is 0. The quantitative estimate of drug-likeness (QED) is 0.534. The van der Waals surface area contributed by atoms with Crippen molar-refractivity contribution in [2.75, 3.05) is 0 Å². The molecule has 0 saturated heterocycles. The Morgan fingerprint density at radius 1 is 1.07 bits per heavy atom. The van der Waals surface area contributed by atoms with Gasteiger partial charge >= 0.3 is 0 Å². The minimum atomic E-state index is -0.198. The van der Waals surface area contributed by atoms with Crippen LogP contribution < -0.4 is 5.56 Å². The van der Waals surface area contributed by atoms with Gasteiger partial charge in [-0.1, -0.05) is 60.2 Å². The van der Waals surface area contributed by atoms with Crippen molar-refractivity contribution in [1.82, 2.24) is 19.5 Å². The molecule has 0 amide bonds. The third-order valence-electron chi connectivity index (χ3n) is 5.16. The second-order valence-corrected chi connectivity index (χ2v) is 7.33. The molecule has 1 unspecified atom stereocenters. The average Bonchev–Trinajstić information content (AvgIpc) is 3.14. The van der Waals surface area contributed by atoms with Crippen molar-refractivity contribution in [1.29, 1.82) is 0 Å². The topological polar surface area (TPSA) is 63.6 Å². The zero-order valence-corrected chi connectivity index (χ0v) is 16.2. The number of aromatic nitrogens is 4. The maximum Gasteiger partial charge on any atom is 0.279 e. The minimum Gasteiger partial charge on any atom is -0.312 e. The van der Waals surface area contributed by atoms with E-state index in [2.05, 4.69) is 41.2 Å². The Bertz CT molecular complexity index is 1130. The van der Waals surface area contributed by atoms with E-state index < -0.39 is 0 Å². The van der Waals surface area contributed by atoms with Gasteiger partial charge in [-0.3, -0.25) is 4.79 Å². The van der Waals surface area contributed by atoms with E-state index in [4.69, 9.17) is 4.98 Å². The van der Waals surface area contributed by atoms with Crippen LogP contribution in [0.5, 0.6) is 0 Å². The van der Waals surface area contributed by atoms with Gasteiger partial charge in [0.25, 0.3) is 5.56 Å². The van der Waals surface area contributed by atoms with Crippen LogP contribution in [0.1, 0.15) is 36.9 Å². The molecule has 4 rings (SSSR count). The number of rotatable bonds is 6. The number of hydrogen-bond acceptors (Lipinski definition) is 3. The summed E-state index contributed by atoms with van der Waals surface area (Å²) in [5, 5.41) is 0. The molecule has 0 spiro atoms. The summed E-state index contributed by atoms with van der Waals surface area (Å²) in [6.45, 7) is 4.19. The van der Waals surface area contributed by atoms with E-state index in [1.54, 1.807) is 6.33 Å². The molecule has 0 radical (unpaired) electrons. The summed E-state index contributed by atoms with van der Waals surface area (Å²) in [5.41, 5.74) is 4.26. The first-order valence-electron chi connectivity index (χ1n) is 9.69. The lowest BCUT2D eigenvalue weighted by Gasteiger charge is -2.14. The van der Waals surface area contributed by atoms with Crippen molar-refractivity contribution in [2.24, 2.45) is 0 Å². The summed E-state index contributed by atoms with van der Waals surface area (Å²) in [6.07, 6.45) is 4.84. The number of nitrogens with one attached hydrogen (secondary N) is 1. The molecule has 1 N–H and O–H groups in total. The van der Waals surface area contributed by atoms with E-state index in [1.165, 1.54) is 11.1 Å². The van der Waals surface area contributed by atoms with Gasteiger partial charge < -0.3 is 9.55 Å². The molecule has 0 saturated carbocycles. The highest BCUT2D eigenvalue weighted by Crippen LogP contribution is 2.21. The number of benzene rings is 2. The Hall–Kier alpha value is -3.21. The fraction of sp³-hybridized carbons (Fsp3) is 0.261. The van der Waals surface area contributed by atoms with Crippen LogP contribution in [0.4, 0.5) is 0 Å². The van der Waals surface area contributed by atoms with E-state index in [9.17, 15) is 4.79 Å². The largest absolute Gasteiger partial charge is 0.312 e. The monoisotopic (exact) mass is 372 g/mol. The van der Waals surface area contributed by atoms with E-state index >= 15 is 0 Å². The van der Waals surface area contributed by atoms with Gasteiger partial charge in [0, 0.05) is 11.6 Å². The third-order valence-corrected chi connectivity index (χ3v) is 5.16. The molecule has 0 aliphatic carbocycles. The predicted octanol–water partition coefficient (Wildman–Crippen LogP) is 4.68. The number of aryl methyl sites for hydroxylation is 2. The molecule has 5 heteroatoms. The summed E-state index contributed by atoms with van der Waals surface area (Å²) in [7, 11) is 0. The summed E-state index contributed by atoms with van der Waals surface area (Å²) < 4.78 is 2.02. The molecule has 4 aromatic rings. The van der Waals surface area contributed by atoms with E-state index in [0.717, 1.165) is 24.8 Å². The van der Waals surface area contributed by atoms with Crippen molar-refractivity contribution in [3.8, 4) is 11.4 Å². The molecule has 2 aromatic carbocycles. The molecular weight excluding hydrogens is 348 g/mol. The summed E-state index contributed by atoms with van der Waals surface area (Å²) in [6, 6.07) is 18.7. The van der Waals surface area contributed by atoms with E-state index in [0.29, 0.717) is 17.0 Å². The van der Waals surface area contributed by atoms with Crippen LogP contribution in [-0.2, 0) is 6.42 Å². The van der Waals surface area contributed by atoms with Gasteiger partial charge in [-0.05, 0) is 38.7 Å². The van der Waals surface area contributed by atoms with Gasteiger partial charge in [-0.2, -0.15) is 0 Å². The van der Waals surface area contributed by atoms with Crippen LogP contribution in [0.15, 0.2) is 65.7 Å². The highest BCUT2D eigenvalue weighted by atomic mass is 16.1. The normalized spacial score (nSPS) is 12.4. The fourth-order valence-electron chi connectivity index (χ4n) is 3.48. The maximum absolute atomic E-state index is 12.5. The van der Waals surface area contributed by atoms with E-state index in [1.807, 2.05) is 41.8 Å². The van der Waals surface area contributed by atoms with Crippen molar-refractivity contribution < 1.29 is 0 Å². The Labute approximate surface area is 164 Å². The fourth-order valence-corrected chi connectivity index (χ4v) is 3.48. The number of nitrogens with zero attached hydrogens (tertiary/aromatic N) is 3. The van der Waals surface area contributed by atoms with Gasteiger partial charge in [0.05, 0.1) is 6.33 Å². The minimum absolute atomic E-state index is 0.198. The van der Waals surface area contributed by atoms with Crippen LogP contribution >= 0.6 is 0 Å². The lowest BCUT2D eigenvalue weighted by Crippen LogP contribution is -2.12. The Kier molecular flexibility index (Phi) is 5.06. The first kappa shape index (κ1) is 18.2. The smallest absolute Gasteiger partial charge is 0.279 e. The second-order valence-electron chi connectivity index (χ2n) is 7.33. The van der Waals surface area contributed by atoms with Crippen LogP contribution in [0.2, 0.25) is 0 Å². The number of H-pyrrole nitrogens is 1. The molecule has 28 heavy (non-hydrogen) atoms. The highest BCUT2D eigenvalue weighted by molar-refractivity contribution is 5.72. The number of hydrogen-bond donors (Lipinski definition) is 1. The van der Waals surface area contributed by atoms with Crippen molar-refractivity contribution in [3.63, 3.8) is 0 Å². The standard InChI is InChI=1S/C23H24N4O/c1-16-11-13-19(14-12-16)21-25-22-20(23(28)26-21)24-15-27(22)17(2)7-6-10-18-8-4-3-5-9-18/h3-5,8-9,11-15,17H,6-7,10H2,1-2H3,(H,25,26,28). The Balaban J connectivity index is 1.58.